The molecule has 0 amide bonds. The Hall–Kier alpha value is -1.54. The van der Waals surface area contributed by atoms with Crippen molar-refractivity contribution in [2.45, 2.75) is 20.8 Å². The minimum absolute atomic E-state index is 0.0708. The summed E-state index contributed by atoms with van der Waals surface area (Å²) in [7, 11) is 0. The number of nitrogens with zero attached hydrogens (tertiary/aromatic N) is 4. The van der Waals surface area contributed by atoms with Crippen molar-refractivity contribution >= 4 is 23.4 Å². The van der Waals surface area contributed by atoms with E-state index in [1.165, 1.54) is 0 Å². The van der Waals surface area contributed by atoms with Gasteiger partial charge in [-0.15, -0.1) is 0 Å². The summed E-state index contributed by atoms with van der Waals surface area (Å²) in [5.41, 5.74) is 0. The van der Waals surface area contributed by atoms with Crippen LogP contribution in [0.1, 0.15) is 20.8 Å². The van der Waals surface area contributed by atoms with Crippen molar-refractivity contribution in [3.8, 4) is 6.07 Å². The van der Waals surface area contributed by atoms with Gasteiger partial charge in [-0.05, 0) is 20.8 Å². The fraction of sp³-hybridized carbons (Fsp3) is 0.583. The lowest BCUT2D eigenvalue weighted by Gasteiger charge is -2.24. The van der Waals surface area contributed by atoms with Crippen LogP contribution in [0.25, 0.3) is 0 Å². The average molecular weight is 268 g/mol. The van der Waals surface area contributed by atoms with E-state index in [0.717, 1.165) is 13.1 Å². The van der Waals surface area contributed by atoms with Crippen molar-refractivity contribution in [2.24, 2.45) is 5.92 Å². The lowest BCUT2D eigenvalue weighted by atomic mass is 10.2. The molecule has 1 heterocycles. The molecule has 6 heteroatoms. The summed E-state index contributed by atoms with van der Waals surface area (Å²) in [5.74, 6) is 1.16. The van der Waals surface area contributed by atoms with Crippen LogP contribution in [-0.2, 0) is 0 Å². The van der Waals surface area contributed by atoms with Crippen molar-refractivity contribution in [1.29, 1.82) is 5.26 Å². The van der Waals surface area contributed by atoms with Crippen LogP contribution >= 0.6 is 11.6 Å². The molecule has 0 radical (unpaired) electrons. The highest BCUT2D eigenvalue weighted by Crippen LogP contribution is 2.24. The Morgan fingerprint density at radius 1 is 1.56 bits per heavy atom. The third-order valence-corrected chi connectivity index (χ3v) is 2.72. The van der Waals surface area contributed by atoms with E-state index >= 15 is 0 Å². The first-order valence-corrected chi connectivity index (χ1v) is 6.41. The molecular weight excluding hydrogens is 250 g/mol. The highest BCUT2D eigenvalue weighted by molar-refractivity contribution is 6.32. The molecule has 1 unspecified atom stereocenters. The van der Waals surface area contributed by atoms with Gasteiger partial charge in [-0.2, -0.15) is 10.2 Å². The third-order valence-electron chi connectivity index (χ3n) is 2.46. The minimum Gasteiger partial charge on any atom is -0.354 e. The molecule has 0 spiro atoms. The maximum Gasteiger partial charge on any atom is 0.224 e. The summed E-state index contributed by atoms with van der Waals surface area (Å²) in [6, 6.07) is 2.21. The second-order valence-corrected chi connectivity index (χ2v) is 4.37. The molecule has 1 aromatic heterocycles. The monoisotopic (exact) mass is 267 g/mol. The number of nitriles is 1. The zero-order valence-corrected chi connectivity index (χ0v) is 11.7. The van der Waals surface area contributed by atoms with Gasteiger partial charge in [-0.25, -0.2) is 4.98 Å². The van der Waals surface area contributed by atoms with Crippen LogP contribution in [0.2, 0.25) is 5.02 Å². The van der Waals surface area contributed by atoms with Crippen LogP contribution in [-0.4, -0.2) is 29.6 Å². The molecule has 18 heavy (non-hydrogen) atoms. The Bertz CT molecular complexity index is 429. The van der Waals surface area contributed by atoms with Gasteiger partial charge >= 0.3 is 0 Å². The van der Waals surface area contributed by atoms with Crippen LogP contribution < -0.4 is 10.2 Å². The lowest BCUT2D eigenvalue weighted by molar-refractivity contribution is 0.679. The molecule has 5 nitrogen and oxygen atoms in total. The lowest BCUT2D eigenvalue weighted by Crippen LogP contribution is -2.29. The maximum absolute atomic E-state index is 8.88. The first kappa shape index (κ1) is 14.5. The summed E-state index contributed by atoms with van der Waals surface area (Å²) < 4.78 is 0. The molecule has 1 rings (SSSR count). The van der Waals surface area contributed by atoms with Crippen molar-refractivity contribution in [1.82, 2.24) is 9.97 Å². The van der Waals surface area contributed by atoms with Gasteiger partial charge in [0.2, 0.25) is 5.95 Å². The molecule has 0 aliphatic carbocycles. The van der Waals surface area contributed by atoms with E-state index in [1.807, 2.05) is 25.7 Å². The first-order chi connectivity index (χ1) is 8.62. The van der Waals surface area contributed by atoms with Crippen molar-refractivity contribution in [3.63, 3.8) is 0 Å². The minimum atomic E-state index is -0.0708. The number of aromatic nitrogens is 2. The fourth-order valence-corrected chi connectivity index (χ4v) is 1.77. The molecular formula is C12H18ClN5. The molecule has 0 aliphatic heterocycles. The third kappa shape index (κ3) is 3.74. The summed E-state index contributed by atoms with van der Waals surface area (Å²) in [6.45, 7) is 7.97. The topological polar surface area (TPSA) is 64.8 Å². The number of nitrogens with one attached hydrogen (secondary N) is 1. The van der Waals surface area contributed by atoms with Crippen LogP contribution in [0.5, 0.6) is 0 Å². The van der Waals surface area contributed by atoms with Crippen molar-refractivity contribution in [3.05, 3.63) is 11.2 Å². The maximum atomic E-state index is 8.88. The molecule has 0 saturated heterocycles. The number of halogens is 1. The average Bonchev–Trinajstić information content (AvgIpc) is 2.38. The van der Waals surface area contributed by atoms with E-state index in [0.29, 0.717) is 23.3 Å². The summed E-state index contributed by atoms with van der Waals surface area (Å²) in [6.07, 6.45) is 1.58. The van der Waals surface area contributed by atoms with Gasteiger partial charge < -0.3 is 10.2 Å². The fourth-order valence-electron chi connectivity index (χ4n) is 1.56. The Morgan fingerprint density at radius 3 is 2.83 bits per heavy atom. The second kappa shape index (κ2) is 7.02. The number of hydrogen-bond acceptors (Lipinski definition) is 5. The Morgan fingerprint density at radius 2 is 2.28 bits per heavy atom. The van der Waals surface area contributed by atoms with Crippen molar-refractivity contribution in [2.75, 3.05) is 29.9 Å². The Balaban J connectivity index is 2.97. The number of anilines is 2. The van der Waals surface area contributed by atoms with E-state index in [1.54, 1.807) is 6.20 Å². The molecule has 0 aliphatic rings. The Labute approximate surface area is 113 Å². The number of rotatable bonds is 6. The molecule has 98 valence electrons. The van der Waals surface area contributed by atoms with E-state index in [4.69, 9.17) is 16.9 Å². The van der Waals surface area contributed by atoms with Crippen LogP contribution in [0.3, 0.4) is 0 Å². The normalized spacial score (nSPS) is 11.7. The Kier molecular flexibility index (Phi) is 5.66. The molecule has 1 N–H and O–H groups in total. The summed E-state index contributed by atoms with van der Waals surface area (Å²) in [4.78, 5) is 10.5. The van der Waals surface area contributed by atoms with Crippen LogP contribution in [0, 0.1) is 17.2 Å². The van der Waals surface area contributed by atoms with Crippen molar-refractivity contribution < 1.29 is 0 Å². The van der Waals surface area contributed by atoms with Crippen LogP contribution in [0.4, 0.5) is 11.8 Å². The quantitative estimate of drug-likeness (QED) is 0.858. The summed E-state index contributed by atoms with van der Waals surface area (Å²) in [5, 5.41) is 12.4. The van der Waals surface area contributed by atoms with E-state index < -0.39 is 0 Å². The molecule has 0 fully saturated rings. The van der Waals surface area contributed by atoms with Crippen LogP contribution in [0.15, 0.2) is 6.20 Å². The van der Waals surface area contributed by atoms with E-state index in [2.05, 4.69) is 21.4 Å². The highest BCUT2D eigenvalue weighted by Gasteiger charge is 2.14. The standard InChI is InChI=1S/C12H18ClN5/c1-4-15-12-16-7-10(13)11(17-12)18(5-2)8-9(3)6-14/h7,9H,4-5,8H2,1-3H3,(H,15,16,17). The molecule has 0 saturated carbocycles. The van der Waals surface area contributed by atoms with E-state index in [9.17, 15) is 0 Å². The smallest absolute Gasteiger partial charge is 0.224 e. The first-order valence-electron chi connectivity index (χ1n) is 6.03. The molecule has 0 bridgehead atoms. The zero-order chi connectivity index (χ0) is 13.5. The van der Waals surface area contributed by atoms with Gasteiger partial charge in [0.1, 0.15) is 5.02 Å². The van der Waals surface area contributed by atoms with Gasteiger partial charge in [0.15, 0.2) is 5.82 Å². The zero-order valence-electron chi connectivity index (χ0n) is 10.9. The SMILES string of the molecule is CCNc1ncc(Cl)c(N(CC)CC(C)C#N)n1. The predicted molar refractivity (Wildman–Crippen MR) is 73.9 cm³/mol. The predicted octanol–water partition coefficient (Wildman–Crippen LogP) is 2.55. The highest BCUT2D eigenvalue weighted by atomic mass is 35.5. The number of hydrogen-bond donors (Lipinski definition) is 1. The van der Waals surface area contributed by atoms with Gasteiger partial charge in [-0.3, -0.25) is 0 Å². The molecule has 1 atom stereocenters. The van der Waals surface area contributed by atoms with Gasteiger partial charge in [0.25, 0.3) is 0 Å². The van der Waals surface area contributed by atoms with Gasteiger partial charge in [0, 0.05) is 19.6 Å². The molecule has 1 aromatic rings. The summed E-state index contributed by atoms with van der Waals surface area (Å²) >= 11 is 6.12. The molecule has 0 aromatic carbocycles. The van der Waals surface area contributed by atoms with Gasteiger partial charge in [0.05, 0.1) is 18.2 Å². The van der Waals surface area contributed by atoms with E-state index in [-0.39, 0.29) is 5.92 Å². The van der Waals surface area contributed by atoms with Gasteiger partial charge in [-0.1, -0.05) is 11.6 Å². The second-order valence-electron chi connectivity index (χ2n) is 3.96. The largest absolute Gasteiger partial charge is 0.354 e.